The third kappa shape index (κ3) is 7.72. The molecule has 2 amide bonds. The first kappa shape index (κ1) is 28.0. The van der Waals surface area contributed by atoms with E-state index in [9.17, 15) is 18.4 Å². The lowest BCUT2D eigenvalue weighted by atomic mass is 9.78. The fourth-order valence-electron chi connectivity index (χ4n) is 4.72. The van der Waals surface area contributed by atoms with E-state index < -0.39 is 11.6 Å². The highest BCUT2D eigenvalue weighted by Crippen LogP contribution is 2.38. The second-order valence-electron chi connectivity index (χ2n) is 10.7. The molecule has 1 aliphatic carbocycles. The summed E-state index contributed by atoms with van der Waals surface area (Å²) in [6, 6.07) is 11.1. The zero-order valence-electron chi connectivity index (χ0n) is 20.7. The average molecular weight is 522 g/mol. The Bertz CT molecular complexity index is 1060. The molecular formula is C27H34ClF2N3O3. The van der Waals surface area contributed by atoms with Gasteiger partial charge in [-0.2, -0.15) is 0 Å². The summed E-state index contributed by atoms with van der Waals surface area (Å²) in [6.45, 7) is 7.04. The van der Waals surface area contributed by atoms with Crippen LogP contribution in [-0.2, 0) is 9.59 Å². The highest BCUT2D eigenvalue weighted by molar-refractivity contribution is 6.30. The molecule has 2 aliphatic rings. The predicted octanol–water partition coefficient (Wildman–Crippen LogP) is 4.62. The van der Waals surface area contributed by atoms with E-state index in [0.717, 1.165) is 37.0 Å². The Balaban J connectivity index is 0.000000383. The summed E-state index contributed by atoms with van der Waals surface area (Å²) in [4.78, 5) is 22.9. The number of hydrogen-bond donors (Lipinski definition) is 4. The Morgan fingerprint density at radius 2 is 1.89 bits per heavy atom. The van der Waals surface area contributed by atoms with Gasteiger partial charge in [0.2, 0.25) is 12.3 Å². The van der Waals surface area contributed by atoms with E-state index in [-0.39, 0.29) is 47.0 Å². The van der Waals surface area contributed by atoms with E-state index in [1.54, 1.807) is 6.07 Å². The Labute approximate surface area is 215 Å². The van der Waals surface area contributed by atoms with E-state index in [2.05, 4.69) is 36.7 Å². The molecule has 0 bridgehead atoms. The lowest BCUT2D eigenvalue weighted by molar-refractivity contribution is -0.120. The average Bonchev–Trinajstić information content (AvgIpc) is 3.18. The van der Waals surface area contributed by atoms with Gasteiger partial charge in [-0.25, -0.2) is 8.78 Å². The highest BCUT2D eigenvalue weighted by atomic mass is 35.5. The zero-order valence-corrected chi connectivity index (χ0v) is 21.5. The number of carbonyl (C=O) groups excluding carboxylic acids is 2. The number of benzene rings is 2. The van der Waals surface area contributed by atoms with Gasteiger partial charge in [0, 0.05) is 41.3 Å². The summed E-state index contributed by atoms with van der Waals surface area (Å²) in [5.74, 6) is -2.56. The van der Waals surface area contributed by atoms with Crippen molar-refractivity contribution in [2.75, 3.05) is 11.9 Å². The van der Waals surface area contributed by atoms with E-state index >= 15 is 0 Å². The van der Waals surface area contributed by atoms with Crippen LogP contribution in [0.3, 0.4) is 0 Å². The lowest BCUT2D eigenvalue weighted by Gasteiger charge is -2.30. The molecule has 1 heterocycles. The molecule has 1 saturated heterocycles. The topological polar surface area (TPSA) is 90.5 Å². The molecule has 0 aromatic heterocycles. The van der Waals surface area contributed by atoms with Gasteiger partial charge < -0.3 is 21.1 Å². The summed E-state index contributed by atoms with van der Waals surface area (Å²) in [6.07, 6.45) is 2.75. The quantitative estimate of drug-likeness (QED) is 0.417. The summed E-state index contributed by atoms with van der Waals surface area (Å²) in [7, 11) is 0. The van der Waals surface area contributed by atoms with Crippen LogP contribution in [-0.4, -0.2) is 42.2 Å². The minimum Gasteiger partial charge on any atom is -0.393 e. The second kappa shape index (κ2) is 12.1. The number of anilines is 1. The first-order chi connectivity index (χ1) is 17.0. The molecule has 36 heavy (non-hydrogen) atoms. The Hall–Kier alpha value is -2.55. The first-order valence-corrected chi connectivity index (χ1v) is 12.5. The monoisotopic (exact) mass is 521 g/mol. The van der Waals surface area contributed by atoms with Crippen molar-refractivity contribution in [2.24, 2.45) is 11.3 Å². The van der Waals surface area contributed by atoms with Crippen molar-refractivity contribution >= 4 is 29.6 Å². The van der Waals surface area contributed by atoms with Gasteiger partial charge in [-0.05, 0) is 54.5 Å². The second-order valence-corrected chi connectivity index (χ2v) is 11.1. The van der Waals surface area contributed by atoms with Gasteiger partial charge in [-0.1, -0.05) is 44.5 Å². The number of aliphatic hydroxyl groups excluding tert-OH is 1. The van der Waals surface area contributed by atoms with Crippen molar-refractivity contribution in [3.8, 4) is 0 Å². The molecule has 0 spiro atoms. The maximum absolute atomic E-state index is 13.5. The predicted molar refractivity (Wildman–Crippen MR) is 137 cm³/mol. The molecule has 4 rings (SSSR count). The van der Waals surface area contributed by atoms with Crippen LogP contribution in [0.5, 0.6) is 0 Å². The van der Waals surface area contributed by atoms with Crippen molar-refractivity contribution in [1.82, 2.24) is 10.6 Å². The Morgan fingerprint density at radius 1 is 1.17 bits per heavy atom. The van der Waals surface area contributed by atoms with Gasteiger partial charge in [0.25, 0.3) is 0 Å². The van der Waals surface area contributed by atoms with Crippen molar-refractivity contribution in [2.45, 2.75) is 64.1 Å². The van der Waals surface area contributed by atoms with E-state index in [1.165, 1.54) is 6.07 Å². The van der Waals surface area contributed by atoms with Gasteiger partial charge in [-0.15, -0.1) is 0 Å². The number of rotatable bonds is 6. The Kier molecular flexibility index (Phi) is 9.44. The van der Waals surface area contributed by atoms with Crippen LogP contribution in [0.2, 0.25) is 5.02 Å². The molecular weight excluding hydrogens is 488 g/mol. The standard InChI is InChI=1S/C22H25ClF2N2O.C5H9NO2/c1-22(2,3)11-19-20(16(12-26-19)13-5-4-6-14(23)9-13)21(28)27-15-7-8-17(24)18(25)10-15;7-3-6-4-1-5(8)2-4/h4-10,16,19-20,26H,11-12H2,1-3H3,(H,27,28);3-5,8H,1-2H2,(H,6,7). The van der Waals surface area contributed by atoms with E-state index in [0.29, 0.717) is 18.0 Å². The number of amides is 2. The molecule has 6 nitrogen and oxygen atoms in total. The molecule has 9 heteroatoms. The number of halogens is 3. The Morgan fingerprint density at radius 3 is 2.47 bits per heavy atom. The number of aliphatic hydroxyl groups is 1. The first-order valence-electron chi connectivity index (χ1n) is 12.1. The van der Waals surface area contributed by atoms with Crippen molar-refractivity contribution < 1.29 is 23.5 Å². The van der Waals surface area contributed by atoms with Crippen LogP contribution >= 0.6 is 11.6 Å². The minimum atomic E-state index is -0.986. The summed E-state index contributed by atoms with van der Waals surface area (Å²) in [5, 5.41) is 18.1. The van der Waals surface area contributed by atoms with Crippen LogP contribution in [0.1, 0.15) is 51.5 Å². The van der Waals surface area contributed by atoms with Crippen LogP contribution < -0.4 is 16.0 Å². The normalized spacial score (nSPS) is 25.2. The fourth-order valence-corrected chi connectivity index (χ4v) is 4.92. The minimum absolute atomic E-state index is 0.0292. The van der Waals surface area contributed by atoms with Crippen LogP contribution in [0.15, 0.2) is 42.5 Å². The van der Waals surface area contributed by atoms with Crippen molar-refractivity contribution in [1.29, 1.82) is 0 Å². The van der Waals surface area contributed by atoms with Gasteiger partial charge in [0.05, 0.1) is 12.0 Å². The number of hydrogen-bond acceptors (Lipinski definition) is 4. The molecule has 2 aromatic rings. The maximum Gasteiger partial charge on any atom is 0.229 e. The summed E-state index contributed by atoms with van der Waals surface area (Å²) < 4.78 is 26.7. The largest absolute Gasteiger partial charge is 0.393 e. The van der Waals surface area contributed by atoms with Gasteiger partial charge in [0.1, 0.15) is 0 Å². The maximum atomic E-state index is 13.5. The molecule has 1 saturated carbocycles. The number of nitrogens with one attached hydrogen (secondary N) is 3. The molecule has 3 unspecified atom stereocenters. The SMILES string of the molecule is CC(C)(C)CC1NCC(c2cccc(Cl)c2)C1C(=O)Nc1ccc(F)c(F)c1.O=CNC1CC(O)C1. The van der Waals surface area contributed by atoms with Gasteiger partial charge in [-0.3, -0.25) is 9.59 Å². The zero-order chi connectivity index (χ0) is 26.5. The number of carbonyl (C=O) groups is 2. The molecule has 196 valence electrons. The molecule has 3 atom stereocenters. The van der Waals surface area contributed by atoms with Crippen molar-refractivity contribution in [3.05, 3.63) is 64.7 Å². The van der Waals surface area contributed by atoms with E-state index in [4.69, 9.17) is 16.7 Å². The third-order valence-corrected chi connectivity index (χ3v) is 6.72. The van der Waals surface area contributed by atoms with Crippen LogP contribution in [0.25, 0.3) is 0 Å². The van der Waals surface area contributed by atoms with Crippen LogP contribution in [0, 0.1) is 23.0 Å². The third-order valence-electron chi connectivity index (χ3n) is 6.48. The summed E-state index contributed by atoms with van der Waals surface area (Å²) in [5.41, 5.74) is 1.26. The van der Waals surface area contributed by atoms with Gasteiger partial charge in [0.15, 0.2) is 11.6 Å². The lowest BCUT2D eigenvalue weighted by Crippen LogP contribution is -2.43. The van der Waals surface area contributed by atoms with Crippen molar-refractivity contribution in [3.63, 3.8) is 0 Å². The highest BCUT2D eigenvalue weighted by Gasteiger charge is 2.43. The fraction of sp³-hybridized carbons (Fsp3) is 0.481. The molecule has 0 radical (unpaired) electrons. The smallest absolute Gasteiger partial charge is 0.229 e. The van der Waals surface area contributed by atoms with E-state index in [1.807, 2.05) is 18.2 Å². The molecule has 4 N–H and O–H groups in total. The summed E-state index contributed by atoms with van der Waals surface area (Å²) >= 11 is 6.16. The molecule has 2 fully saturated rings. The molecule has 1 aliphatic heterocycles. The molecule has 2 aromatic carbocycles. The van der Waals surface area contributed by atoms with Gasteiger partial charge >= 0.3 is 0 Å². The van der Waals surface area contributed by atoms with Crippen LogP contribution in [0.4, 0.5) is 14.5 Å².